The van der Waals surface area contributed by atoms with Gasteiger partial charge in [-0.25, -0.2) is 0 Å². The second kappa shape index (κ2) is 6.89. The van der Waals surface area contributed by atoms with Crippen LogP contribution in [-0.4, -0.2) is 26.5 Å². The summed E-state index contributed by atoms with van der Waals surface area (Å²) in [5.74, 6) is 0.461. The van der Waals surface area contributed by atoms with Gasteiger partial charge < -0.3 is 9.16 Å². The van der Waals surface area contributed by atoms with Crippen LogP contribution in [0.15, 0.2) is 22.7 Å². The van der Waals surface area contributed by atoms with E-state index in [0.29, 0.717) is 23.4 Å². The number of halogens is 1. The van der Waals surface area contributed by atoms with E-state index in [4.69, 9.17) is 9.16 Å². The Labute approximate surface area is 135 Å². The van der Waals surface area contributed by atoms with Gasteiger partial charge in [-0.05, 0) is 40.1 Å². The molecule has 118 valence electrons. The molecule has 0 aliphatic rings. The molecule has 0 atom stereocenters. The van der Waals surface area contributed by atoms with Gasteiger partial charge in [0.15, 0.2) is 8.32 Å². The average molecular weight is 376 g/mol. The van der Waals surface area contributed by atoms with Crippen LogP contribution in [0.3, 0.4) is 0 Å². The highest BCUT2D eigenvalue weighted by atomic mass is 79.9. The zero-order chi connectivity index (χ0) is 16.3. The second-order valence-electron chi connectivity index (χ2n) is 6.33. The highest BCUT2D eigenvalue weighted by molar-refractivity contribution is 9.10. The molecule has 21 heavy (non-hydrogen) atoms. The van der Waals surface area contributed by atoms with Crippen LogP contribution in [0.2, 0.25) is 18.1 Å². The molecule has 7 heteroatoms. The molecule has 0 unspecified atom stereocenters. The van der Waals surface area contributed by atoms with Gasteiger partial charge in [0.2, 0.25) is 0 Å². The lowest BCUT2D eigenvalue weighted by Gasteiger charge is -2.36. The maximum Gasteiger partial charge on any atom is 0.273 e. The molecule has 0 aliphatic carbocycles. The third-order valence-corrected chi connectivity index (χ3v) is 8.93. The SMILES string of the molecule is CC(C)(C)[Si](C)(C)OCCOc1cc([N+](=O)[O-])ccc1Br. The molecule has 0 aliphatic heterocycles. The number of nitro groups is 1. The number of nitro benzene ring substituents is 1. The van der Waals surface area contributed by atoms with Crippen molar-refractivity contribution in [3.05, 3.63) is 32.8 Å². The van der Waals surface area contributed by atoms with Gasteiger partial charge >= 0.3 is 0 Å². The summed E-state index contributed by atoms with van der Waals surface area (Å²) in [6, 6.07) is 4.46. The molecular weight excluding hydrogens is 354 g/mol. The van der Waals surface area contributed by atoms with E-state index in [-0.39, 0.29) is 10.7 Å². The Bertz CT molecular complexity index is 514. The van der Waals surface area contributed by atoms with Crippen LogP contribution in [0.4, 0.5) is 5.69 Å². The first kappa shape index (κ1) is 18.1. The Balaban J connectivity index is 2.57. The highest BCUT2D eigenvalue weighted by Crippen LogP contribution is 2.36. The molecule has 0 saturated heterocycles. The Morgan fingerprint density at radius 1 is 1.29 bits per heavy atom. The summed E-state index contributed by atoms with van der Waals surface area (Å²) in [5, 5.41) is 10.9. The minimum absolute atomic E-state index is 0.0125. The third-order valence-electron chi connectivity index (χ3n) is 3.74. The van der Waals surface area contributed by atoms with Crippen molar-refractivity contribution in [1.82, 2.24) is 0 Å². The van der Waals surface area contributed by atoms with Crippen LogP contribution in [0.5, 0.6) is 5.75 Å². The van der Waals surface area contributed by atoms with E-state index in [0.717, 1.165) is 0 Å². The van der Waals surface area contributed by atoms with E-state index in [2.05, 4.69) is 49.8 Å². The van der Waals surface area contributed by atoms with Crippen molar-refractivity contribution in [2.24, 2.45) is 0 Å². The Morgan fingerprint density at radius 3 is 2.43 bits per heavy atom. The number of non-ortho nitro benzene ring substituents is 1. The predicted molar refractivity (Wildman–Crippen MR) is 89.4 cm³/mol. The highest BCUT2D eigenvalue weighted by Gasteiger charge is 2.36. The van der Waals surface area contributed by atoms with Gasteiger partial charge in [0.05, 0.1) is 22.1 Å². The minimum Gasteiger partial charge on any atom is -0.490 e. The fourth-order valence-electron chi connectivity index (χ4n) is 1.38. The third kappa shape index (κ3) is 5.08. The Kier molecular flexibility index (Phi) is 5.95. The van der Waals surface area contributed by atoms with Crippen LogP contribution in [0.1, 0.15) is 20.8 Å². The van der Waals surface area contributed by atoms with E-state index in [9.17, 15) is 10.1 Å². The summed E-state index contributed by atoms with van der Waals surface area (Å²) >= 11 is 3.32. The molecule has 0 spiro atoms. The van der Waals surface area contributed by atoms with Crippen molar-refractivity contribution in [3.63, 3.8) is 0 Å². The number of hydrogen-bond acceptors (Lipinski definition) is 4. The summed E-state index contributed by atoms with van der Waals surface area (Å²) < 4.78 is 12.3. The molecule has 0 heterocycles. The average Bonchev–Trinajstić information content (AvgIpc) is 2.34. The molecule has 0 saturated carbocycles. The second-order valence-corrected chi connectivity index (χ2v) is 12.0. The van der Waals surface area contributed by atoms with Crippen LogP contribution in [0.25, 0.3) is 0 Å². The zero-order valence-electron chi connectivity index (χ0n) is 13.1. The molecule has 1 aromatic rings. The number of ether oxygens (including phenoxy) is 1. The van der Waals surface area contributed by atoms with Crippen molar-refractivity contribution in [1.29, 1.82) is 0 Å². The topological polar surface area (TPSA) is 61.6 Å². The Hall–Kier alpha value is -0.923. The molecule has 0 radical (unpaired) electrons. The van der Waals surface area contributed by atoms with Crippen molar-refractivity contribution in [2.45, 2.75) is 38.9 Å². The van der Waals surface area contributed by atoms with E-state index >= 15 is 0 Å². The number of rotatable bonds is 6. The van der Waals surface area contributed by atoms with Crippen LogP contribution in [-0.2, 0) is 4.43 Å². The van der Waals surface area contributed by atoms with Crippen molar-refractivity contribution in [2.75, 3.05) is 13.2 Å². The van der Waals surface area contributed by atoms with Crippen molar-refractivity contribution < 1.29 is 14.1 Å². The van der Waals surface area contributed by atoms with Gasteiger partial charge in [0, 0.05) is 6.07 Å². The molecule has 0 fully saturated rings. The molecule has 0 amide bonds. The minimum atomic E-state index is -1.79. The molecular formula is C14H22BrNO4Si. The standard InChI is InChI=1S/C14H22BrNO4Si/c1-14(2,3)21(4,5)20-9-8-19-13-10-11(16(17)18)6-7-12(13)15/h6-7,10H,8-9H2,1-5H3. The van der Waals surface area contributed by atoms with Gasteiger partial charge in [-0.1, -0.05) is 20.8 Å². The fraction of sp³-hybridized carbons (Fsp3) is 0.571. The molecule has 0 bridgehead atoms. The zero-order valence-corrected chi connectivity index (χ0v) is 15.7. The maximum atomic E-state index is 10.8. The largest absolute Gasteiger partial charge is 0.490 e. The lowest BCUT2D eigenvalue weighted by Crippen LogP contribution is -2.41. The molecule has 1 aromatic carbocycles. The predicted octanol–water partition coefficient (Wildman–Crippen LogP) is 4.76. The van der Waals surface area contributed by atoms with Crippen LogP contribution in [0, 0.1) is 10.1 Å². The summed E-state index contributed by atoms with van der Waals surface area (Å²) in [5.41, 5.74) is 0.0125. The van der Waals surface area contributed by atoms with Gasteiger partial charge in [-0.2, -0.15) is 0 Å². The number of nitrogens with zero attached hydrogens (tertiary/aromatic N) is 1. The fourth-order valence-corrected chi connectivity index (χ4v) is 2.77. The quantitative estimate of drug-likeness (QED) is 0.311. The summed E-state index contributed by atoms with van der Waals surface area (Å²) in [6.07, 6.45) is 0. The molecule has 5 nitrogen and oxygen atoms in total. The lowest BCUT2D eigenvalue weighted by atomic mass is 10.2. The lowest BCUT2D eigenvalue weighted by molar-refractivity contribution is -0.385. The summed E-state index contributed by atoms with van der Waals surface area (Å²) in [6.45, 7) is 11.7. The monoisotopic (exact) mass is 375 g/mol. The Morgan fingerprint density at radius 2 is 1.90 bits per heavy atom. The molecule has 0 aromatic heterocycles. The van der Waals surface area contributed by atoms with Crippen molar-refractivity contribution in [3.8, 4) is 5.75 Å². The van der Waals surface area contributed by atoms with E-state index in [1.807, 2.05) is 0 Å². The van der Waals surface area contributed by atoms with Crippen LogP contribution >= 0.6 is 15.9 Å². The van der Waals surface area contributed by atoms with Crippen LogP contribution < -0.4 is 4.74 Å². The van der Waals surface area contributed by atoms with Gasteiger partial charge in [0.25, 0.3) is 5.69 Å². The summed E-state index contributed by atoms with van der Waals surface area (Å²) in [7, 11) is -1.79. The first-order valence-electron chi connectivity index (χ1n) is 6.75. The molecule has 1 rings (SSSR count). The first-order chi connectivity index (χ1) is 9.54. The van der Waals surface area contributed by atoms with E-state index < -0.39 is 13.2 Å². The van der Waals surface area contributed by atoms with Gasteiger partial charge in [-0.3, -0.25) is 10.1 Å². The number of hydrogen-bond donors (Lipinski definition) is 0. The maximum absolute atomic E-state index is 10.8. The summed E-state index contributed by atoms with van der Waals surface area (Å²) in [4.78, 5) is 10.3. The normalized spacial score (nSPS) is 12.3. The van der Waals surface area contributed by atoms with E-state index in [1.54, 1.807) is 6.07 Å². The van der Waals surface area contributed by atoms with Gasteiger partial charge in [-0.15, -0.1) is 0 Å². The smallest absolute Gasteiger partial charge is 0.273 e. The number of benzene rings is 1. The van der Waals surface area contributed by atoms with Gasteiger partial charge in [0.1, 0.15) is 12.4 Å². The first-order valence-corrected chi connectivity index (χ1v) is 10.5. The van der Waals surface area contributed by atoms with Crippen molar-refractivity contribution >= 4 is 29.9 Å². The van der Waals surface area contributed by atoms with E-state index in [1.165, 1.54) is 12.1 Å². The molecule has 0 N–H and O–H groups in total.